The van der Waals surface area contributed by atoms with Gasteiger partial charge in [-0.05, 0) is 20.0 Å². The second kappa shape index (κ2) is 5.82. The molecule has 0 saturated carbocycles. The van der Waals surface area contributed by atoms with E-state index in [0.717, 1.165) is 0 Å². The molecule has 0 atom stereocenters. The lowest BCUT2D eigenvalue weighted by Gasteiger charge is -2.26. The van der Waals surface area contributed by atoms with E-state index in [1.165, 1.54) is 0 Å². The van der Waals surface area contributed by atoms with E-state index in [-0.39, 0.29) is 12.0 Å². The van der Waals surface area contributed by atoms with Crippen LogP contribution >= 0.6 is 12.2 Å². The van der Waals surface area contributed by atoms with Gasteiger partial charge in [-0.2, -0.15) is 13.2 Å². The molecule has 0 aromatic carbocycles. The van der Waals surface area contributed by atoms with Gasteiger partial charge in [-0.1, -0.05) is 26.1 Å². The maximum absolute atomic E-state index is 12.0. The van der Waals surface area contributed by atoms with Gasteiger partial charge in [0.05, 0.1) is 11.4 Å². The number of alkyl halides is 3. The van der Waals surface area contributed by atoms with E-state index in [2.05, 4.69) is 0 Å². The molecule has 0 aromatic heterocycles. The Kier molecular flexibility index (Phi) is 5.69. The van der Waals surface area contributed by atoms with E-state index in [0.29, 0.717) is 18.0 Å². The zero-order valence-corrected chi connectivity index (χ0v) is 10.7. The summed E-state index contributed by atoms with van der Waals surface area (Å²) in [6, 6.07) is 0. The Hall–Kier alpha value is -0.360. The Morgan fingerprint density at radius 1 is 1.19 bits per heavy atom. The quantitative estimate of drug-likeness (QED) is 0.741. The van der Waals surface area contributed by atoms with E-state index in [4.69, 9.17) is 18.0 Å². The predicted molar refractivity (Wildman–Crippen MR) is 63.4 cm³/mol. The standard InChI is InChI=1S/C10H19F3N2S/c1-9(2,8(14)16)4-6-15(3)7-5-10(11,12)13/h4-7H2,1-3H3,(H2,14,16). The van der Waals surface area contributed by atoms with Crippen LogP contribution in [0.1, 0.15) is 26.7 Å². The molecule has 0 rings (SSSR count). The zero-order chi connectivity index (χ0) is 13.0. The largest absolute Gasteiger partial charge is 0.393 e. The fourth-order valence-electron chi connectivity index (χ4n) is 1.02. The van der Waals surface area contributed by atoms with Crippen molar-refractivity contribution in [2.75, 3.05) is 20.1 Å². The summed E-state index contributed by atoms with van der Waals surface area (Å²) in [6.45, 7) is 4.36. The van der Waals surface area contributed by atoms with Crippen molar-refractivity contribution in [3.05, 3.63) is 0 Å². The topological polar surface area (TPSA) is 29.3 Å². The van der Waals surface area contributed by atoms with E-state index in [1.807, 2.05) is 13.8 Å². The first-order valence-electron chi connectivity index (χ1n) is 5.10. The molecule has 0 aliphatic carbocycles. The first-order valence-corrected chi connectivity index (χ1v) is 5.50. The maximum Gasteiger partial charge on any atom is 0.390 e. The second-order valence-electron chi connectivity index (χ2n) is 4.67. The minimum absolute atomic E-state index is 0.0108. The van der Waals surface area contributed by atoms with Crippen molar-refractivity contribution in [3.8, 4) is 0 Å². The molecule has 2 N–H and O–H groups in total. The van der Waals surface area contributed by atoms with Crippen molar-refractivity contribution in [1.29, 1.82) is 0 Å². The summed E-state index contributed by atoms with van der Waals surface area (Å²) < 4.78 is 35.9. The summed E-state index contributed by atoms with van der Waals surface area (Å²) in [5.41, 5.74) is 5.23. The predicted octanol–water partition coefficient (Wildman–Crippen LogP) is 2.57. The van der Waals surface area contributed by atoms with Gasteiger partial charge in [-0.15, -0.1) is 0 Å². The number of thiocarbonyl (C=S) groups is 1. The van der Waals surface area contributed by atoms with Gasteiger partial charge in [0.2, 0.25) is 0 Å². The molecule has 0 heterocycles. The molecule has 16 heavy (non-hydrogen) atoms. The molecule has 0 amide bonds. The van der Waals surface area contributed by atoms with Crippen molar-refractivity contribution in [2.24, 2.45) is 11.1 Å². The lowest BCUT2D eigenvalue weighted by molar-refractivity contribution is -0.137. The molecule has 0 aliphatic heterocycles. The van der Waals surface area contributed by atoms with E-state index in [9.17, 15) is 13.2 Å². The van der Waals surface area contributed by atoms with Gasteiger partial charge in [0, 0.05) is 12.0 Å². The van der Waals surface area contributed by atoms with Crippen LogP contribution in [0.3, 0.4) is 0 Å². The Labute approximate surface area is 100.0 Å². The molecule has 0 saturated heterocycles. The van der Waals surface area contributed by atoms with Crippen molar-refractivity contribution in [1.82, 2.24) is 4.90 Å². The molecular weight excluding hydrogens is 237 g/mol. The third kappa shape index (κ3) is 7.00. The molecule has 0 fully saturated rings. The maximum atomic E-state index is 12.0. The van der Waals surface area contributed by atoms with Crippen LogP contribution in [0.25, 0.3) is 0 Å². The fourth-order valence-corrected chi connectivity index (χ4v) is 1.13. The van der Waals surface area contributed by atoms with E-state index < -0.39 is 12.6 Å². The van der Waals surface area contributed by atoms with Crippen molar-refractivity contribution in [2.45, 2.75) is 32.9 Å². The van der Waals surface area contributed by atoms with Crippen molar-refractivity contribution in [3.63, 3.8) is 0 Å². The third-order valence-electron chi connectivity index (χ3n) is 2.56. The fraction of sp³-hybridized carbons (Fsp3) is 0.900. The minimum atomic E-state index is -4.09. The smallest absolute Gasteiger partial charge is 0.390 e. The zero-order valence-electron chi connectivity index (χ0n) is 9.90. The van der Waals surface area contributed by atoms with Gasteiger partial charge in [0.1, 0.15) is 0 Å². The average molecular weight is 256 g/mol. The van der Waals surface area contributed by atoms with Crippen LogP contribution in [-0.4, -0.2) is 36.2 Å². The highest BCUT2D eigenvalue weighted by atomic mass is 32.1. The Morgan fingerprint density at radius 3 is 2.00 bits per heavy atom. The molecular formula is C10H19F3N2S. The lowest BCUT2D eigenvalue weighted by atomic mass is 9.89. The molecule has 6 heteroatoms. The van der Waals surface area contributed by atoms with E-state index in [1.54, 1.807) is 11.9 Å². The molecule has 0 radical (unpaired) electrons. The van der Waals surface area contributed by atoms with Crippen LogP contribution in [0.15, 0.2) is 0 Å². The Balaban J connectivity index is 3.90. The number of rotatable bonds is 6. The molecule has 0 bridgehead atoms. The third-order valence-corrected chi connectivity index (χ3v) is 3.12. The lowest BCUT2D eigenvalue weighted by Crippen LogP contribution is -2.34. The first kappa shape index (κ1) is 15.6. The van der Waals surface area contributed by atoms with Crippen molar-refractivity contribution >= 4 is 17.2 Å². The number of nitrogens with zero attached hydrogens (tertiary/aromatic N) is 1. The molecule has 0 spiro atoms. The van der Waals surface area contributed by atoms with Crippen LogP contribution in [-0.2, 0) is 0 Å². The Morgan fingerprint density at radius 2 is 1.62 bits per heavy atom. The summed E-state index contributed by atoms with van der Waals surface area (Å²) in [6.07, 6.45) is -4.21. The number of nitrogens with two attached hydrogens (primary N) is 1. The van der Waals surface area contributed by atoms with Crippen LogP contribution in [0.2, 0.25) is 0 Å². The van der Waals surface area contributed by atoms with Crippen LogP contribution in [0.4, 0.5) is 13.2 Å². The van der Waals surface area contributed by atoms with Crippen LogP contribution < -0.4 is 5.73 Å². The van der Waals surface area contributed by atoms with Crippen molar-refractivity contribution < 1.29 is 13.2 Å². The molecule has 2 nitrogen and oxygen atoms in total. The summed E-state index contributed by atoms with van der Waals surface area (Å²) in [4.78, 5) is 2.05. The monoisotopic (exact) mass is 256 g/mol. The number of hydrogen-bond donors (Lipinski definition) is 1. The number of hydrogen-bond acceptors (Lipinski definition) is 2. The van der Waals surface area contributed by atoms with Gasteiger partial charge in [-0.3, -0.25) is 0 Å². The summed E-state index contributed by atoms with van der Waals surface area (Å²) in [7, 11) is 1.67. The summed E-state index contributed by atoms with van der Waals surface area (Å²) >= 11 is 4.89. The second-order valence-corrected chi connectivity index (χ2v) is 5.11. The highest BCUT2D eigenvalue weighted by molar-refractivity contribution is 7.80. The van der Waals surface area contributed by atoms with Crippen LogP contribution in [0, 0.1) is 5.41 Å². The van der Waals surface area contributed by atoms with Crippen LogP contribution in [0.5, 0.6) is 0 Å². The van der Waals surface area contributed by atoms with Gasteiger partial charge in [0.15, 0.2) is 0 Å². The van der Waals surface area contributed by atoms with Gasteiger partial charge < -0.3 is 10.6 Å². The average Bonchev–Trinajstić information content (AvgIpc) is 2.10. The number of halogens is 3. The Bertz CT molecular complexity index is 239. The molecule has 0 aliphatic rings. The summed E-state index contributed by atoms with van der Waals surface area (Å²) in [5, 5.41) is 0. The molecule has 0 unspecified atom stereocenters. The normalized spacial score (nSPS) is 13.2. The van der Waals surface area contributed by atoms with Gasteiger partial charge >= 0.3 is 6.18 Å². The van der Waals surface area contributed by atoms with E-state index >= 15 is 0 Å². The van der Waals surface area contributed by atoms with Gasteiger partial charge in [0.25, 0.3) is 0 Å². The minimum Gasteiger partial charge on any atom is -0.393 e. The highest BCUT2D eigenvalue weighted by Crippen LogP contribution is 2.22. The molecule has 0 aromatic rings. The highest BCUT2D eigenvalue weighted by Gasteiger charge is 2.27. The first-order chi connectivity index (χ1) is 7.04. The van der Waals surface area contributed by atoms with Gasteiger partial charge in [-0.25, -0.2) is 0 Å². The summed E-state index contributed by atoms with van der Waals surface area (Å²) in [5.74, 6) is 0. The SMILES string of the molecule is CN(CCC(F)(F)F)CCC(C)(C)C(N)=S. The molecule has 96 valence electrons.